The number of carbonyl (C=O) groups excluding carboxylic acids is 1. The van der Waals surface area contributed by atoms with Crippen LogP contribution in [0.1, 0.15) is 99.8 Å². The fraction of sp³-hybridized carbons (Fsp3) is 0.973. The van der Waals surface area contributed by atoms with E-state index >= 15 is 0 Å². The van der Waals surface area contributed by atoms with Crippen LogP contribution in [-0.4, -0.2) is 99.7 Å². The minimum Gasteiger partial charge on any atom is -0.462 e. The van der Waals surface area contributed by atoms with Gasteiger partial charge in [-0.1, -0.05) is 34.6 Å². The Balaban J connectivity index is 1.03. The van der Waals surface area contributed by atoms with Crippen molar-refractivity contribution in [1.29, 1.82) is 0 Å². The third-order valence-electron chi connectivity index (χ3n) is 16.8. The lowest BCUT2D eigenvalue weighted by Gasteiger charge is -2.65. The van der Waals surface area contributed by atoms with Crippen LogP contribution in [-0.2, 0) is 33.2 Å². The van der Waals surface area contributed by atoms with E-state index in [1.807, 2.05) is 6.92 Å². The maximum atomic E-state index is 12.9. The Morgan fingerprint density at radius 1 is 0.833 bits per heavy atom. The second-order valence-corrected chi connectivity index (χ2v) is 18.9. The van der Waals surface area contributed by atoms with Crippen molar-refractivity contribution in [2.45, 2.75) is 167 Å². The molecule has 5 aliphatic carbocycles. The van der Waals surface area contributed by atoms with Gasteiger partial charge in [-0.3, -0.25) is 4.79 Å². The summed E-state index contributed by atoms with van der Waals surface area (Å²) >= 11 is 0. The summed E-state index contributed by atoms with van der Waals surface area (Å²) in [6, 6.07) is 0. The molecule has 0 aromatic rings. The molecule has 1 unspecified atom stereocenters. The van der Waals surface area contributed by atoms with Crippen LogP contribution in [0.3, 0.4) is 0 Å². The Labute approximate surface area is 283 Å². The minimum atomic E-state index is -1.31. The molecule has 3 spiro atoms. The van der Waals surface area contributed by atoms with Gasteiger partial charge in [0.15, 0.2) is 12.6 Å². The van der Waals surface area contributed by atoms with Gasteiger partial charge in [-0.2, -0.15) is 0 Å². The molecule has 4 N–H and O–H groups in total. The van der Waals surface area contributed by atoms with Gasteiger partial charge in [0.05, 0.1) is 18.8 Å². The van der Waals surface area contributed by atoms with Gasteiger partial charge in [0, 0.05) is 18.8 Å². The number of ether oxygens (including phenoxy) is 6. The van der Waals surface area contributed by atoms with Crippen molar-refractivity contribution >= 4 is 5.97 Å². The predicted octanol–water partition coefficient (Wildman–Crippen LogP) is 3.03. The number of esters is 1. The summed E-state index contributed by atoms with van der Waals surface area (Å²) in [5.74, 6) is 0.0295. The van der Waals surface area contributed by atoms with Gasteiger partial charge >= 0.3 is 5.97 Å². The Morgan fingerprint density at radius 2 is 1.56 bits per heavy atom. The molecule has 11 heteroatoms. The molecule has 4 aliphatic heterocycles. The average Bonchev–Trinajstić information content (AvgIpc) is 3.84. The lowest BCUT2D eigenvalue weighted by atomic mass is 9.41. The Morgan fingerprint density at radius 3 is 2.23 bits per heavy atom. The number of carbonyl (C=O) groups is 1. The van der Waals surface area contributed by atoms with Crippen LogP contribution in [0, 0.1) is 50.7 Å². The molecule has 48 heavy (non-hydrogen) atoms. The summed E-state index contributed by atoms with van der Waals surface area (Å²) in [6.45, 7) is 15.1. The molecule has 9 rings (SSSR count). The molecule has 11 nitrogen and oxygen atoms in total. The molecule has 0 aromatic carbocycles. The molecule has 0 radical (unpaired) electrons. The van der Waals surface area contributed by atoms with Gasteiger partial charge in [-0.25, -0.2) is 0 Å². The van der Waals surface area contributed by atoms with Gasteiger partial charge in [0.25, 0.3) is 0 Å². The number of hydrogen-bond donors (Lipinski definition) is 4. The van der Waals surface area contributed by atoms with Crippen molar-refractivity contribution in [2.75, 3.05) is 6.61 Å². The molecule has 0 aromatic heterocycles. The van der Waals surface area contributed by atoms with E-state index in [-0.39, 0.29) is 75.9 Å². The third kappa shape index (κ3) is 3.74. The Bertz CT molecular complexity index is 1390. The van der Waals surface area contributed by atoms with E-state index in [4.69, 9.17) is 28.4 Å². The van der Waals surface area contributed by atoms with Gasteiger partial charge in [-0.05, 0) is 97.2 Å². The quantitative estimate of drug-likeness (QED) is 0.198. The van der Waals surface area contributed by atoms with Crippen LogP contribution in [0.4, 0.5) is 0 Å². The summed E-state index contributed by atoms with van der Waals surface area (Å²) in [6.07, 6.45) is 0.880. The maximum absolute atomic E-state index is 12.9. The van der Waals surface area contributed by atoms with Gasteiger partial charge in [0.1, 0.15) is 36.1 Å². The summed E-state index contributed by atoms with van der Waals surface area (Å²) in [5.41, 5.74) is -1.23. The lowest BCUT2D eigenvalue weighted by Crippen LogP contribution is -2.64. The zero-order valence-corrected chi connectivity index (χ0v) is 29.5. The van der Waals surface area contributed by atoms with Crippen molar-refractivity contribution < 1.29 is 53.6 Å². The van der Waals surface area contributed by atoms with Gasteiger partial charge < -0.3 is 48.8 Å². The molecular formula is C37H56O11. The summed E-state index contributed by atoms with van der Waals surface area (Å²) in [7, 11) is 0. The second kappa shape index (κ2) is 9.75. The number of rotatable bonds is 3. The normalized spacial score (nSPS) is 63.3. The molecule has 9 fully saturated rings. The SMILES string of the molecule is CC(=O)O[C@@H]1C[C@@]23C[C@@]24CC[C@H](O[C@@H]2OC[C@@H](O)[C@H](O)[C@H]2O)C(C)(C)[C@@H]4CC[C@H]3[C@]2(C)CC3O[C@]4(C[C@@H](C)[C@@H]3[C@@]12C)O[C@@H](O)[C@@]1(C)O[C@@H]41. The van der Waals surface area contributed by atoms with E-state index in [1.165, 1.54) is 0 Å². The fourth-order valence-corrected chi connectivity index (χ4v) is 14.6. The number of aliphatic hydroxyl groups is 4. The van der Waals surface area contributed by atoms with E-state index in [0.29, 0.717) is 18.3 Å². The maximum Gasteiger partial charge on any atom is 0.302 e. The van der Waals surface area contributed by atoms with E-state index < -0.39 is 42.3 Å². The first kappa shape index (κ1) is 33.0. The molecule has 4 saturated heterocycles. The average molecular weight is 677 g/mol. The van der Waals surface area contributed by atoms with Crippen LogP contribution in [0.2, 0.25) is 0 Å². The number of fused-ring (bicyclic) bond motifs is 6. The van der Waals surface area contributed by atoms with E-state index in [1.54, 1.807) is 6.92 Å². The second-order valence-electron chi connectivity index (χ2n) is 18.9. The summed E-state index contributed by atoms with van der Waals surface area (Å²) in [4.78, 5) is 12.9. The van der Waals surface area contributed by atoms with E-state index in [0.717, 1.165) is 44.9 Å². The summed E-state index contributed by atoms with van der Waals surface area (Å²) < 4.78 is 37.9. The largest absolute Gasteiger partial charge is 0.462 e. The minimum absolute atomic E-state index is 0.0420. The topological polar surface area (TPSA) is 157 Å². The summed E-state index contributed by atoms with van der Waals surface area (Å²) in [5, 5.41) is 41.7. The molecule has 19 atom stereocenters. The van der Waals surface area contributed by atoms with Crippen molar-refractivity contribution in [3.63, 3.8) is 0 Å². The van der Waals surface area contributed by atoms with Gasteiger partial charge in [-0.15, -0.1) is 0 Å². The number of epoxide rings is 1. The van der Waals surface area contributed by atoms with Crippen LogP contribution in [0.15, 0.2) is 0 Å². The fourth-order valence-electron chi connectivity index (χ4n) is 14.6. The van der Waals surface area contributed by atoms with Crippen LogP contribution in [0.5, 0.6) is 0 Å². The first-order chi connectivity index (χ1) is 22.4. The highest BCUT2D eigenvalue weighted by Crippen LogP contribution is 2.89. The highest BCUT2D eigenvalue weighted by Gasteiger charge is 2.87. The molecular weight excluding hydrogens is 620 g/mol. The number of hydrogen-bond acceptors (Lipinski definition) is 11. The molecule has 0 amide bonds. The Hall–Kier alpha value is -0.890. The van der Waals surface area contributed by atoms with Crippen molar-refractivity contribution in [3.05, 3.63) is 0 Å². The van der Waals surface area contributed by atoms with Crippen LogP contribution < -0.4 is 0 Å². The zero-order valence-electron chi connectivity index (χ0n) is 29.5. The molecule has 5 saturated carbocycles. The first-order valence-corrected chi connectivity index (χ1v) is 18.6. The monoisotopic (exact) mass is 676 g/mol. The zero-order chi connectivity index (χ0) is 34.2. The Kier molecular flexibility index (Phi) is 6.70. The highest BCUT2D eigenvalue weighted by atomic mass is 16.8. The standard InChI is InChI=1S/C37H56O11/c1-17-12-37(29-34(7,47-29)30(42)48-37)46-20-13-32(5)22-9-8-21-31(3,4)23(45-28-27(41)26(40)19(39)15-43-28)10-11-35(21)16-36(22,35)14-24(44-18(2)38)33(32,6)25(17)20/h17,19-30,39-42H,8-16H2,1-7H3/t17-,19-,20?,21+,22+,23+,24-,25+,26+,27-,28+,29-,30-,32+,33-,34+,35-,36+,37-/m1/s1. The van der Waals surface area contributed by atoms with Gasteiger partial charge in [0.2, 0.25) is 5.79 Å². The van der Waals surface area contributed by atoms with E-state index in [9.17, 15) is 25.2 Å². The van der Waals surface area contributed by atoms with E-state index in [2.05, 4.69) is 34.6 Å². The van der Waals surface area contributed by atoms with Crippen molar-refractivity contribution in [2.24, 2.45) is 50.7 Å². The van der Waals surface area contributed by atoms with Crippen LogP contribution in [0.25, 0.3) is 0 Å². The smallest absolute Gasteiger partial charge is 0.302 e. The van der Waals surface area contributed by atoms with Crippen molar-refractivity contribution in [3.8, 4) is 0 Å². The molecule has 270 valence electrons. The third-order valence-corrected chi connectivity index (χ3v) is 16.8. The molecule has 4 heterocycles. The highest BCUT2D eigenvalue weighted by molar-refractivity contribution is 5.66. The molecule has 9 aliphatic rings. The molecule has 0 bridgehead atoms. The lowest BCUT2D eigenvalue weighted by molar-refractivity contribution is -0.346. The first-order valence-electron chi connectivity index (χ1n) is 18.6. The van der Waals surface area contributed by atoms with Crippen molar-refractivity contribution in [1.82, 2.24) is 0 Å². The predicted molar refractivity (Wildman–Crippen MR) is 168 cm³/mol. The van der Waals surface area contributed by atoms with Crippen LogP contribution >= 0.6 is 0 Å². The number of aliphatic hydroxyl groups excluding tert-OH is 4.